The van der Waals surface area contributed by atoms with Gasteiger partial charge in [-0.2, -0.15) is 0 Å². The fraction of sp³-hybridized carbons (Fsp3) is 0.294. The summed E-state index contributed by atoms with van der Waals surface area (Å²) in [6.07, 6.45) is 0.0719. The highest BCUT2D eigenvalue weighted by atomic mass is 35.5. The molecule has 2 rings (SSSR count). The Labute approximate surface area is 129 Å². The molecule has 2 aromatic carbocycles. The lowest BCUT2D eigenvalue weighted by Crippen LogP contribution is -2.06. The molecule has 0 heterocycles. The Bertz CT molecular complexity index is 628. The number of nitrogens with one attached hydrogen (secondary N) is 1. The lowest BCUT2D eigenvalue weighted by atomic mass is 10.1. The maximum Gasteiger partial charge on any atom is 0.138 e. The molecule has 0 aliphatic rings. The lowest BCUT2D eigenvalue weighted by Gasteiger charge is -2.13. The molecule has 0 atom stereocenters. The first-order valence-electron chi connectivity index (χ1n) is 6.91. The van der Waals surface area contributed by atoms with Crippen molar-refractivity contribution in [2.45, 2.75) is 33.4 Å². The topological polar surface area (TPSA) is 21.3 Å². The molecule has 0 aliphatic heterocycles. The summed E-state index contributed by atoms with van der Waals surface area (Å²) in [5.74, 6) is 0.443. The van der Waals surface area contributed by atoms with Gasteiger partial charge >= 0.3 is 0 Å². The molecule has 0 radical (unpaired) electrons. The molecule has 0 aliphatic carbocycles. The molecule has 0 aromatic heterocycles. The van der Waals surface area contributed by atoms with Crippen molar-refractivity contribution in [3.8, 4) is 5.75 Å². The van der Waals surface area contributed by atoms with Crippen LogP contribution in [0.25, 0.3) is 0 Å². The SMILES string of the molecule is Cc1ccc(F)c(CNc2ccc(OC(C)C)c(Cl)c2)c1. The Balaban J connectivity index is 2.07. The average molecular weight is 308 g/mol. The summed E-state index contributed by atoms with van der Waals surface area (Å²) < 4.78 is 19.3. The van der Waals surface area contributed by atoms with Crippen LogP contribution in [0.2, 0.25) is 5.02 Å². The molecule has 2 nitrogen and oxygen atoms in total. The minimum absolute atomic E-state index is 0.0719. The minimum atomic E-state index is -0.209. The van der Waals surface area contributed by atoms with E-state index in [1.807, 2.05) is 39.0 Å². The molecule has 0 saturated heterocycles. The van der Waals surface area contributed by atoms with Crippen LogP contribution in [0.1, 0.15) is 25.0 Å². The largest absolute Gasteiger partial charge is 0.489 e. The zero-order valence-corrected chi connectivity index (χ0v) is 13.2. The van der Waals surface area contributed by atoms with Gasteiger partial charge in [-0.1, -0.05) is 29.3 Å². The van der Waals surface area contributed by atoms with E-state index in [1.54, 1.807) is 12.1 Å². The highest BCUT2D eigenvalue weighted by Crippen LogP contribution is 2.28. The molecule has 0 saturated carbocycles. The zero-order chi connectivity index (χ0) is 15.4. The standard InChI is InChI=1S/C17H19ClFNO/c1-11(2)21-17-7-5-14(9-15(17)18)20-10-13-8-12(3)4-6-16(13)19/h4-9,11,20H,10H2,1-3H3. The molecule has 21 heavy (non-hydrogen) atoms. The van der Waals surface area contributed by atoms with Crippen molar-refractivity contribution in [3.05, 3.63) is 58.4 Å². The van der Waals surface area contributed by atoms with Crippen LogP contribution in [0.4, 0.5) is 10.1 Å². The summed E-state index contributed by atoms with van der Waals surface area (Å²) in [5.41, 5.74) is 2.50. The summed E-state index contributed by atoms with van der Waals surface area (Å²) in [4.78, 5) is 0. The third-order valence-electron chi connectivity index (χ3n) is 2.98. The predicted molar refractivity (Wildman–Crippen MR) is 85.7 cm³/mol. The number of rotatable bonds is 5. The molecule has 0 unspecified atom stereocenters. The second-order valence-corrected chi connectivity index (χ2v) is 5.67. The van der Waals surface area contributed by atoms with Gasteiger partial charge in [0.05, 0.1) is 11.1 Å². The number of benzene rings is 2. The Kier molecular flexibility index (Phi) is 5.07. The van der Waals surface area contributed by atoms with Gasteiger partial charge in [0.15, 0.2) is 0 Å². The van der Waals surface area contributed by atoms with Gasteiger partial charge in [0.25, 0.3) is 0 Å². The van der Waals surface area contributed by atoms with E-state index >= 15 is 0 Å². The number of ether oxygens (including phenoxy) is 1. The molecular weight excluding hydrogens is 289 g/mol. The Morgan fingerprint density at radius 1 is 1.19 bits per heavy atom. The van der Waals surface area contributed by atoms with Crippen molar-refractivity contribution in [2.24, 2.45) is 0 Å². The first-order chi connectivity index (χ1) is 9.95. The fourth-order valence-electron chi connectivity index (χ4n) is 2.00. The summed E-state index contributed by atoms with van der Waals surface area (Å²) in [7, 11) is 0. The highest BCUT2D eigenvalue weighted by Gasteiger charge is 2.06. The molecule has 0 spiro atoms. The number of aryl methyl sites for hydroxylation is 1. The Hall–Kier alpha value is -1.74. The molecule has 1 N–H and O–H groups in total. The van der Waals surface area contributed by atoms with Crippen molar-refractivity contribution in [2.75, 3.05) is 5.32 Å². The average Bonchev–Trinajstić information content (AvgIpc) is 2.42. The van der Waals surface area contributed by atoms with E-state index in [0.29, 0.717) is 22.9 Å². The van der Waals surface area contributed by atoms with Gasteiger partial charge < -0.3 is 10.1 Å². The minimum Gasteiger partial charge on any atom is -0.489 e. The predicted octanol–water partition coefficient (Wildman–Crippen LogP) is 5.19. The van der Waals surface area contributed by atoms with Crippen LogP contribution in [0, 0.1) is 12.7 Å². The van der Waals surface area contributed by atoms with Gasteiger partial charge in [-0.25, -0.2) is 4.39 Å². The summed E-state index contributed by atoms with van der Waals surface area (Å²) in [5, 5.41) is 3.71. The second kappa shape index (κ2) is 6.81. The van der Waals surface area contributed by atoms with Crippen LogP contribution in [-0.2, 0) is 6.54 Å². The Morgan fingerprint density at radius 2 is 1.95 bits per heavy atom. The summed E-state index contributed by atoms with van der Waals surface area (Å²) in [6, 6.07) is 10.5. The summed E-state index contributed by atoms with van der Waals surface area (Å²) >= 11 is 6.17. The van der Waals surface area contributed by atoms with Crippen LogP contribution < -0.4 is 10.1 Å². The van der Waals surface area contributed by atoms with E-state index in [0.717, 1.165) is 11.3 Å². The van der Waals surface area contributed by atoms with Crippen molar-refractivity contribution in [3.63, 3.8) is 0 Å². The Morgan fingerprint density at radius 3 is 2.62 bits per heavy atom. The molecule has 2 aromatic rings. The van der Waals surface area contributed by atoms with Gasteiger partial charge in [-0.05, 0) is 45.0 Å². The van der Waals surface area contributed by atoms with Crippen LogP contribution >= 0.6 is 11.6 Å². The van der Waals surface area contributed by atoms with Crippen molar-refractivity contribution >= 4 is 17.3 Å². The smallest absolute Gasteiger partial charge is 0.138 e. The molecule has 112 valence electrons. The van der Waals surface area contributed by atoms with E-state index in [9.17, 15) is 4.39 Å². The van der Waals surface area contributed by atoms with Gasteiger partial charge in [0.2, 0.25) is 0 Å². The lowest BCUT2D eigenvalue weighted by molar-refractivity contribution is 0.242. The molecule has 0 fully saturated rings. The van der Waals surface area contributed by atoms with Crippen molar-refractivity contribution in [1.29, 1.82) is 0 Å². The zero-order valence-electron chi connectivity index (χ0n) is 12.4. The van der Waals surface area contributed by atoms with E-state index in [1.165, 1.54) is 6.07 Å². The molecule has 4 heteroatoms. The second-order valence-electron chi connectivity index (χ2n) is 5.26. The van der Waals surface area contributed by atoms with Crippen molar-refractivity contribution in [1.82, 2.24) is 0 Å². The number of hydrogen-bond acceptors (Lipinski definition) is 2. The molecule has 0 bridgehead atoms. The first kappa shape index (κ1) is 15.6. The van der Waals surface area contributed by atoms with Gasteiger partial charge in [0, 0.05) is 17.8 Å². The molecule has 0 amide bonds. The van der Waals surface area contributed by atoms with Crippen LogP contribution in [0.15, 0.2) is 36.4 Å². The monoisotopic (exact) mass is 307 g/mol. The first-order valence-corrected chi connectivity index (χ1v) is 7.28. The number of hydrogen-bond donors (Lipinski definition) is 1. The molecular formula is C17H19ClFNO. The van der Waals surface area contributed by atoms with E-state index in [-0.39, 0.29) is 11.9 Å². The van der Waals surface area contributed by atoms with Crippen molar-refractivity contribution < 1.29 is 9.13 Å². The quantitative estimate of drug-likeness (QED) is 0.821. The van der Waals surface area contributed by atoms with E-state index < -0.39 is 0 Å². The third kappa shape index (κ3) is 4.36. The maximum atomic E-state index is 13.7. The fourth-order valence-corrected chi connectivity index (χ4v) is 2.22. The van der Waals surface area contributed by atoms with Gasteiger partial charge in [-0.15, -0.1) is 0 Å². The third-order valence-corrected chi connectivity index (χ3v) is 3.27. The number of halogens is 2. The summed E-state index contributed by atoms with van der Waals surface area (Å²) in [6.45, 7) is 6.25. The van der Waals surface area contributed by atoms with Gasteiger partial charge in [-0.3, -0.25) is 0 Å². The van der Waals surface area contributed by atoms with E-state index in [2.05, 4.69) is 5.32 Å². The van der Waals surface area contributed by atoms with Crippen LogP contribution in [-0.4, -0.2) is 6.10 Å². The van der Waals surface area contributed by atoms with Crippen LogP contribution in [0.5, 0.6) is 5.75 Å². The maximum absolute atomic E-state index is 13.7. The highest BCUT2D eigenvalue weighted by molar-refractivity contribution is 6.32. The van der Waals surface area contributed by atoms with E-state index in [4.69, 9.17) is 16.3 Å². The number of anilines is 1. The van der Waals surface area contributed by atoms with Gasteiger partial charge in [0.1, 0.15) is 11.6 Å². The normalized spacial score (nSPS) is 10.8. The van der Waals surface area contributed by atoms with Crippen LogP contribution in [0.3, 0.4) is 0 Å².